The van der Waals surface area contributed by atoms with Crippen molar-refractivity contribution in [3.05, 3.63) is 22.3 Å². The van der Waals surface area contributed by atoms with Gasteiger partial charge in [0.2, 0.25) is 0 Å². The van der Waals surface area contributed by atoms with Crippen LogP contribution in [0.1, 0.15) is 26.0 Å². The zero-order valence-corrected chi connectivity index (χ0v) is 12.3. The Morgan fingerprint density at radius 3 is 2.76 bits per heavy atom. The highest BCUT2D eigenvalue weighted by molar-refractivity contribution is 9.10. The lowest BCUT2D eigenvalue weighted by atomic mass is 9.80. The number of anilines is 1. The fraction of sp³-hybridized carbons (Fsp3) is 0.615. The fourth-order valence-corrected chi connectivity index (χ4v) is 2.50. The number of hydrogen-bond donors (Lipinski definition) is 1. The second-order valence-electron chi connectivity index (χ2n) is 5.54. The second-order valence-corrected chi connectivity index (χ2v) is 6.40. The molecule has 1 unspecified atom stereocenters. The van der Waals surface area contributed by atoms with E-state index in [4.69, 9.17) is 5.73 Å². The van der Waals surface area contributed by atoms with Crippen molar-refractivity contribution in [2.45, 2.75) is 33.2 Å². The number of hydrogen-bond acceptors (Lipinski definition) is 3. The fourth-order valence-electron chi connectivity index (χ4n) is 2.28. The summed E-state index contributed by atoms with van der Waals surface area (Å²) < 4.78 is 1.06. The van der Waals surface area contributed by atoms with E-state index in [9.17, 15) is 0 Å². The minimum Gasteiger partial charge on any atom is -0.356 e. The van der Waals surface area contributed by atoms with Crippen LogP contribution in [-0.2, 0) is 0 Å². The summed E-state index contributed by atoms with van der Waals surface area (Å²) in [6.45, 7) is 8.46. The van der Waals surface area contributed by atoms with Crippen molar-refractivity contribution in [3.8, 4) is 0 Å². The van der Waals surface area contributed by atoms with Crippen LogP contribution in [-0.4, -0.2) is 24.1 Å². The van der Waals surface area contributed by atoms with E-state index in [1.807, 2.05) is 6.92 Å². The van der Waals surface area contributed by atoms with Gasteiger partial charge in [0, 0.05) is 23.6 Å². The van der Waals surface area contributed by atoms with Crippen molar-refractivity contribution < 1.29 is 0 Å². The minimum atomic E-state index is 0.154. The van der Waals surface area contributed by atoms with Crippen LogP contribution in [0.25, 0.3) is 0 Å². The Morgan fingerprint density at radius 2 is 2.18 bits per heavy atom. The van der Waals surface area contributed by atoms with Gasteiger partial charge in [0.25, 0.3) is 0 Å². The maximum absolute atomic E-state index is 6.15. The molecule has 2 N–H and O–H groups in total. The number of nitrogens with zero attached hydrogens (tertiary/aromatic N) is 2. The number of aryl methyl sites for hydroxylation is 1. The lowest BCUT2D eigenvalue weighted by Crippen LogP contribution is -2.52. The number of aromatic nitrogens is 1. The first kappa shape index (κ1) is 12.8. The Labute approximate surface area is 112 Å². The maximum Gasteiger partial charge on any atom is 0.128 e. The highest BCUT2D eigenvalue weighted by Gasteiger charge is 2.33. The molecule has 2 heterocycles. The molecule has 0 spiro atoms. The average molecular weight is 298 g/mol. The summed E-state index contributed by atoms with van der Waals surface area (Å²) in [4.78, 5) is 6.96. The van der Waals surface area contributed by atoms with Gasteiger partial charge in [0.05, 0.1) is 5.69 Å². The van der Waals surface area contributed by atoms with Crippen LogP contribution in [0.3, 0.4) is 0 Å². The summed E-state index contributed by atoms with van der Waals surface area (Å²) in [6.07, 6.45) is 1.03. The Bertz CT molecular complexity index is 417. The molecule has 1 atom stereocenters. The summed E-state index contributed by atoms with van der Waals surface area (Å²) in [7, 11) is 0. The largest absolute Gasteiger partial charge is 0.356 e. The van der Waals surface area contributed by atoms with Crippen molar-refractivity contribution in [2.75, 3.05) is 18.0 Å². The topological polar surface area (TPSA) is 42.2 Å². The Morgan fingerprint density at radius 1 is 1.47 bits per heavy atom. The molecule has 3 nitrogen and oxygen atoms in total. The number of nitrogens with two attached hydrogens (primary N) is 1. The van der Waals surface area contributed by atoms with Crippen LogP contribution in [0, 0.1) is 12.3 Å². The number of rotatable bonds is 1. The maximum atomic E-state index is 6.15. The van der Waals surface area contributed by atoms with Gasteiger partial charge in [-0.1, -0.05) is 13.8 Å². The SMILES string of the molecule is Cc1nc(N2CCC(N)C(C)(C)C2)ccc1Br. The Balaban J connectivity index is 2.21. The third kappa shape index (κ3) is 2.63. The molecule has 17 heavy (non-hydrogen) atoms. The standard InChI is InChI=1S/C13H20BrN3/c1-9-10(14)4-5-12(16-9)17-7-6-11(15)13(2,3)8-17/h4-5,11H,6-8,15H2,1-3H3. The molecule has 1 saturated heterocycles. The van der Waals surface area contributed by atoms with Gasteiger partial charge in [-0.2, -0.15) is 0 Å². The normalized spacial score (nSPS) is 23.8. The Hall–Kier alpha value is -0.610. The lowest BCUT2D eigenvalue weighted by Gasteiger charge is -2.43. The summed E-state index contributed by atoms with van der Waals surface area (Å²) >= 11 is 3.48. The first-order valence-corrected chi connectivity index (χ1v) is 6.83. The minimum absolute atomic E-state index is 0.154. The van der Waals surface area contributed by atoms with Gasteiger partial charge in [-0.3, -0.25) is 0 Å². The number of pyridine rings is 1. The van der Waals surface area contributed by atoms with Crippen molar-refractivity contribution in [2.24, 2.45) is 11.1 Å². The van der Waals surface area contributed by atoms with Gasteiger partial charge < -0.3 is 10.6 Å². The van der Waals surface area contributed by atoms with Gasteiger partial charge in [-0.25, -0.2) is 4.98 Å². The van der Waals surface area contributed by atoms with E-state index < -0.39 is 0 Å². The highest BCUT2D eigenvalue weighted by Crippen LogP contribution is 2.30. The number of piperidine rings is 1. The van der Waals surface area contributed by atoms with Crippen molar-refractivity contribution in [1.82, 2.24) is 4.98 Å². The Kier molecular flexibility index (Phi) is 3.46. The van der Waals surface area contributed by atoms with E-state index in [-0.39, 0.29) is 11.5 Å². The molecule has 0 aromatic carbocycles. The van der Waals surface area contributed by atoms with Crippen LogP contribution >= 0.6 is 15.9 Å². The third-order valence-corrected chi connectivity index (χ3v) is 4.48. The molecule has 94 valence electrons. The van der Waals surface area contributed by atoms with Gasteiger partial charge >= 0.3 is 0 Å². The van der Waals surface area contributed by atoms with E-state index in [0.717, 1.165) is 35.5 Å². The first-order chi connectivity index (χ1) is 7.90. The zero-order valence-electron chi connectivity index (χ0n) is 10.7. The van der Waals surface area contributed by atoms with Crippen LogP contribution in [0.5, 0.6) is 0 Å². The predicted octanol–water partition coefficient (Wildman–Crippen LogP) is 2.72. The quantitative estimate of drug-likeness (QED) is 0.867. The van der Waals surface area contributed by atoms with Gasteiger partial charge in [0.1, 0.15) is 5.82 Å². The summed E-state index contributed by atoms with van der Waals surface area (Å²) in [5.41, 5.74) is 7.34. The first-order valence-electron chi connectivity index (χ1n) is 6.04. The van der Waals surface area contributed by atoms with Crippen LogP contribution in [0.15, 0.2) is 16.6 Å². The van der Waals surface area contributed by atoms with Crippen molar-refractivity contribution in [3.63, 3.8) is 0 Å². The van der Waals surface area contributed by atoms with Gasteiger partial charge in [-0.05, 0) is 46.8 Å². The van der Waals surface area contributed by atoms with Gasteiger partial charge in [-0.15, -0.1) is 0 Å². The summed E-state index contributed by atoms with van der Waals surface area (Å²) in [6, 6.07) is 4.43. The third-order valence-electron chi connectivity index (χ3n) is 3.64. The van der Waals surface area contributed by atoms with Crippen molar-refractivity contribution in [1.29, 1.82) is 0 Å². The molecule has 0 saturated carbocycles. The van der Waals surface area contributed by atoms with E-state index in [2.05, 4.69) is 51.8 Å². The molecule has 0 radical (unpaired) electrons. The lowest BCUT2D eigenvalue weighted by molar-refractivity contribution is 0.244. The van der Waals surface area contributed by atoms with E-state index in [1.165, 1.54) is 0 Å². The van der Waals surface area contributed by atoms with Crippen LogP contribution in [0.2, 0.25) is 0 Å². The van der Waals surface area contributed by atoms with E-state index >= 15 is 0 Å². The number of halogens is 1. The predicted molar refractivity (Wildman–Crippen MR) is 75.3 cm³/mol. The molecule has 4 heteroatoms. The zero-order chi connectivity index (χ0) is 12.6. The van der Waals surface area contributed by atoms with E-state index in [1.54, 1.807) is 0 Å². The van der Waals surface area contributed by atoms with Crippen LogP contribution < -0.4 is 10.6 Å². The van der Waals surface area contributed by atoms with E-state index in [0.29, 0.717) is 0 Å². The molecular formula is C13H20BrN3. The molecule has 1 fully saturated rings. The average Bonchev–Trinajstić information content (AvgIpc) is 2.26. The van der Waals surface area contributed by atoms with Crippen LogP contribution in [0.4, 0.5) is 5.82 Å². The molecule has 2 rings (SSSR count). The van der Waals surface area contributed by atoms with Gasteiger partial charge in [0.15, 0.2) is 0 Å². The molecule has 1 aliphatic heterocycles. The summed E-state index contributed by atoms with van der Waals surface area (Å²) in [5, 5.41) is 0. The molecular weight excluding hydrogens is 278 g/mol. The molecule has 1 aliphatic rings. The van der Waals surface area contributed by atoms with Crippen molar-refractivity contribution >= 4 is 21.7 Å². The summed E-state index contributed by atoms with van der Waals surface area (Å²) in [5.74, 6) is 1.06. The smallest absolute Gasteiger partial charge is 0.128 e. The molecule has 1 aromatic rings. The second kappa shape index (κ2) is 4.58. The highest BCUT2D eigenvalue weighted by atomic mass is 79.9. The molecule has 1 aromatic heterocycles. The molecule has 0 aliphatic carbocycles. The molecule has 0 bridgehead atoms. The monoisotopic (exact) mass is 297 g/mol. The molecule has 0 amide bonds.